The quantitative estimate of drug-likeness (QED) is 0.816. The van der Waals surface area contributed by atoms with E-state index >= 15 is 0 Å². The molecule has 0 radical (unpaired) electrons. The molecule has 1 saturated carbocycles. The second-order valence-corrected chi connectivity index (χ2v) is 4.60. The van der Waals surface area contributed by atoms with E-state index in [9.17, 15) is 9.90 Å². The van der Waals surface area contributed by atoms with Crippen molar-refractivity contribution in [2.45, 2.75) is 50.7 Å². The van der Waals surface area contributed by atoms with E-state index in [0.29, 0.717) is 5.82 Å². The molecule has 1 aromatic heterocycles. The Morgan fingerprint density at radius 1 is 1.53 bits per heavy atom. The zero-order chi connectivity index (χ0) is 12.4. The first-order valence-electron chi connectivity index (χ1n) is 5.91. The maximum absolute atomic E-state index is 11.2. The summed E-state index contributed by atoms with van der Waals surface area (Å²) < 4.78 is 1.50. The van der Waals surface area contributed by atoms with Crippen molar-refractivity contribution in [1.82, 2.24) is 14.8 Å². The fraction of sp³-hybridized carbons (Fsp3) is 0.727. The molecule has 0 bridgehead atoms. The Hall–Kier alpha value is -1.43. The largest absolute Gasteiger partial charge is 0.480 e. The minimum Gasteiger partial charge on any atom is -0.480 e. The summed E-state index contributed by atoms with van der Waals surface area (Å²) in [5, 5.41) is 26.5. The van der Waals surface area contributed by atoms with Crippen LogP contribution in [0.15, 0.2) is 6.33 Å². The van der Waals surface area contributed by atoms with Gasteiger partial charge in [-0.2, -0.15) is 0 Å². The number of carbonyl (C=O) groups is 1. The lowest BCUT2D eigenvalue weighted by molar-refractivity contribution is -0.144. The Balaban J connectivity index is 2.30. The van der Waals surface area contributed by atoms with Crippen LogP contribution in [-0.2, 0) is 4.79 Å². The average molecular weight is 239 g/mol. The third-order valence-corrected chi connectivity index (χ3v) is 3.33. The summed E-state index contributed by atoms with van der Waals surface area (Å²) in [5.74, 6) is -0.0899. The molecule has 2 rings (SSSR count). The molecule has 1 aliphatic carbocycles. The van der Waals surface area contributed by atoms with E-state index in [2.05, 4.69) is 10.2 Å². The van der Waals surface area contributed by atoms with E-state index in [0.717, 1.165) is 25.7 Å². The third-order valence-electron chi connectivity index (χ3n) is 3.33. The van der Waals surface area contributed by atoms with Gasteiger partial charge in [0, 0.05) is 5.92 Å². The van der Waals surface area contributed by atoms with Gasteiger partial charge in [0.1, 0.15) is 12.2 Å². The van der Waals surface area contributed by atoms with E-state index in [4.69, 9.17) is 5.11 Å². The summed E-state index contributed by atoms with van der Waals surface area (Å²) >= 11 is 0. The van der Waals surface area contributed by atoms with Gasteiger partial charge >= 0.3 is 5.97 Å². The van der Waals surface area contributed by atoms with Crippen molar-refractivity contribution < 1.29 is 15.0 Å². The van der Waals surface area contributed by atoms with Crippen LogP contribution < -0.4 is 0 Å². The van der Waals surface area contributed by atoms with E-state index < -0.39 is 18.1 Å². The van der Waals surface area contributed by atoms with Gasteiger partial charge in [-0.25, -0.2) is 4.79 Å². The minimum atomic E-state index is -1.06. The predicted octanol–water partition coefficient (Wildman–Crippen LogP) is 0.942. The molecule has 6 nitrogen and oxygen atoms in total. The molecule has 0 aliphatic heterocycles. The van der Waals surface area contributed by atoms with Crippen LogP contribution >= 0.6 is 0 Å². The van der Waals surface area contributed by atoms with Gasteiger partial charge in [-0.15, -0.1) is 10.2 Å². The van der Waals surface area contributed by atoms with Crippen LogP contribution in [0, 0.1) is 0 Å². The molecule has 1 heterocycles. The molecule has 1 aromatic rings. The van der Waals surface area contributed by atoms with Gasteiger partial charge in [0.2, 0.25) is 0 Å². The number of aromatic nitrogens is 3. The smallest absolute Gasteiger partial charge is 0.329 e. The fourth-order valence-electron chi connectivity index (χ4n) is 2.50. The Morgan fingerprint density at radius 3 is 2.71 bits per heavy atom. The lowest BCUT2D eigenvalue weighted by Crippen LogP contribution is -2.30. The Kier molecular flexibility index (Phi) is 3.42. The number of aliphatic hydroxyl groups excluding tert-OH is 1. The van der Waals surface area contributed by atoms with Gasteiger partial charge in [0.05, 0.1) is 6.10 Å². The lowest BCUT2D eigenvalue weighted by atomic mass is 10.1. The number of hydrogen-bond donors (Lipinski definition) is 2. The van der Waals surface area contributed by atoms with Crippen molar-refractivity contribution in [1.29, 1.82) is 0 Å². The molecule has 0 amide bonds. The van der Waals surface area contributed by atoms with E-state index in [1.54, 1.807) is 0 Å². The topological polar surface area (TPSA) is 88.2 Å². The summed E-state index contributed by atoms with van der Waals surface area (Å²) in [4.78, 5) is 11.2. The zero-order valence-corrected chi connectivity index (χ0v) is 9.78. The first-order valence-corrected chi connectivity index (χ1v) is 5.91. The van der Waals surface area contributed by atoms with Gasteiger partial charge in [-0.1, -0.05) is 12.8 Å². The molecule has 94 valence electrons. The Bertz CT molecular complexity index is 396. The number of carboxylic acid groups (broad SMARTS) is 1. The summed E-state index contributed by atoms with van der Waals surface area (Å²) in [7, 11) is 0. The monoisotopic (exact) mass is 239 g/mol. The van der Waals surface area contributed by atoms with Crippen LogP contribution in [0.25, 0.3) is 0 Å². The van der Waals surface area contributed by atoms with Crippen LogP contribution in [0.4, 0.5) is 0 Å². The number of carboxylic acids is 1. The van der Waals surface area contributed by atoms with Crippen molar-refractivity contribution >= 4 is 5.97 Å². The number of aliphatic hydroxyl groups is 1. The Morgan fingerprint density at radius 2 is 2.18 bits per heavy atom. The highest BCUT2D eigenvalue weighted by Gasteiger charge is 2.31. The second-order valence-electron chi connectivity index (χ2n) is 4.60. The maximum Gasteiger partial charge on any atom is 0.329 e. The Labute approximate surface area is 99.3 Å². The standard InChI is InChI=1S/C11H17N3O3/c1-7(15)9(11(16)17)14-6-12-13-10(14)8-4-2-3-5-8/h6-9,15H,2-5H2,1H3,(H,16,17). The first kappa shape index (κ1) is 12.0. The van der Waals surface area contributed by atoms with E-state index in [-0.39, 0.29) is 5.92 Å². The number of nitrogens with zero attached hydrogens (tertiary/aromatic N) is 3. The van der Waals surface area contributed by atoms with E-state index in [1.165, 1.54) is 17.8 Å². The van der Waals surface area contributed by atoms with Gasteiger partial charge < -0.3 is 14.8 Å². The zero-order valence-electron chi connectivity index (χ0n) is 9.78. The highest BCUT2D eigenvalue weighted by atomic mass is 16.4. The van der Waals surface area contributed by atoms with Crippen LogP contribution in [0.2, 0.25) is 0 Å². The molecule has 0 saturated heterocycles. The first-order chi connectivity index (χ1) is 8.11. The van der Waals surface area contributed by atoms with Crippen molar-refractivity contribution in [2.75, 3.05) is 0 Å². The lowest BCUT2D eigenvalue weighted by Gasteiger charge is -2.20. The molecule has 2 atom stereocenters. The van der Waals surface area contributed by atoms with Crippen molar-refractivity contribution in [2.24, 2.45) is 0 Å². The summed E-state index contributed by atoms with van der Waals surface area (Å²) in [6, 6.07) is -0.999. The summed E-state index contributed by atoms with van der Waals surface area (Å²) in [6.45, 7) is 1.47. The third kappa shape index (κ3) is 2.31. The molecule has 6 heteroatoms. The molecule has 1 aliphatic rings. The molecule has 0 aromatic carbocycles. The molecular formula is C11H17N3O3. The van der Waals surface area contributed by atoms with Gasteiger partial charge in [0.15, 0.2) is 6.04 Å². The summed E-state index contributed by atoms with van der Waals surface area (Å²) in [6.07, 6.45) is 4.76. The second kappa shape index (κ2) is 4.83. The van der Waals surface area contributed by atoms with Crippen LogP contribution in [0.3, 0.4) is 0 Å². The van der Waals surface area contributed by atoms with Crippen LogP contribution in [-0.4, -0.2) is 37.1 Å². The normalized spacial score (nSPS) is 20.4. The molecule has 0 spiro atoms. The van der Waals surface area contributed by atoms with Gasteiger partial charge in [0.25, 0.3) is 0 Å². The molecule has 17 heavy (non-hydrogen) atoms. The predicted molar refractivity (Wildman–Crippen MR) is 59.6 cm³/mol. The average Bonchev–Trinajstić information content (AvgIpc) is 2.84. The minimum absolute atomic E-state index is 0.276. The van der Waals surface area contributed by atoms with Crippen LogP contribution in [0.1, 0.15) is 50.4 Å². The van der Waals surface area contributed by atoms with Gasteiger partial charge in [-0.05, 0) is 19.8 Å². The molecule has 2 unspecified atom stereocenters. The van der Waals surface area contributed by atoms with Crippen LogP contribution in [0.5, 0.6) is 0 Å². The van der Waals surface area contributed by atoms with Gasteiger partial charge in [-0.3, -0.25) is 0 Å². The van der Waals surface area contributed by atoms with E-state index in [1.807, 2.05) is 0 Å². The maximum atomic E-state index is 11.2. The fourth-order valence-corrected chi connectivity index (χ4v) is 2.50. The van der Waals surface area contributed by atoms with Crippen molar-refractivity contribution in [3.63, 3.8) is 0 Å². The highest BCUT2D eigenvalue weighted by molar-refractivity contribution is 5.72. The highest BCUT2D eigenvalue weighted by Crippen LogP contribution is 2.34. The molecule has 1 fully saturated rings. The summed E-state index contributed by atoms with van der Waals surface area (Å²) in [5.41, 5.74) is 0. The van der Waals surface area contributed by atoms with Crippen molar-refractivity contribution in [3.05, 3.63) is 12.2 Å². The number of rotatable bonds is 4. The SMILES string of the molecule is CC(O)C(C(=O)O)n1cnnc1C1CCCC1. The number of aliphatic carboxylic acids is 1. The number of hydrogen-bond acceptors (Lipinski definition) is 4. The van der Waals surface area contributed by atoms with Crippen molar-refractivity contribution in [3.8, 4) is 0 Å². The molecular weight excluding hydrogens is 222 g/mol. The molecule has 2 N–H and O–H groups in total.